The SMILES string of the molecule is CCOC(=O)C=CC=C(O)C(=O)OCC. The van der Waals surface area contributed by atoms with Crippen LogP contribution in [-0.2, 0) is 19.1 Å². The molecule has 0 unspecified atom stereocenters. The van der Waals surface area contributed by atoms with Crippen LogP contribution in [0.2, 0.25) is 0 Å². The van der Waals surface area contributed by atoms with Crippen LogP contribution in [0.5, 0.6) is 0 Å². The average molecular weight is 214 g/mol. The van der Waals surface area contributed by atoms with E-state index in [2.05, 4.69) is 9.47 Å². The molecule has 0 bridgehead atoms. The van der Waals surface area contributed by atoms with E-state index in [1.54, 1.807) is 13.8 Å². The molecule has 0 aliphatic carbocycles. The molecule has 0 atom stereocenters. The van der Waals surface area contributed by atoms with E-state index >= 15 is 0 Å². The molecule has 0 aromatic heterocycles. The van der Waals surface area contributed by atoms with Crippen molar-refractivity contribution in [1.82, 2.24) is 0 Å². The van der Waals surface area contributed by atoms with Gasteiger partial charge < -0.3 is 14.6 Å². The van der Waals surface area contributed by atoms with E-state index in [1.807, 2.05) is 0 Å². The number of rotatable bonds is 5. The summed E-state index contributed by atoms with van der Waals surface area (Å²) < 4.78 is 9.08. The van der Waals surface area contributed by atoms with Crippen LogP contribution in [0.15, 0.2) is 24.0 Å². The third-order valence-electron chi connectivity index (χ3n) is 1.26. The molecule has 5 nitrogen and oxygen atoms in total. The molecule has 84 valence electrons. The lowest BCUT2D eigenvalue weighted by Gasteiger charge is -1.98. The molecule has 0 aromatic rings. The summed E-state index contributed by atoms with van der Waals surface area (Å²) in [7, 11) is 0. The summed E-state index contributed by atoms with van der Waals surface area (Å²) in [6, 6.07) is 0. The van der Waals surface area contributed by atoms with Gasteiger partial charge in [0.1, 0.15) is 0 Å². The van der Waals surface area contributed by atoms with Crippen LogP contribution in [0.1, 0.15) is 13.8 Å². The fraction of sp³-hybridized carbons (Fsp3) is 0.400. The number of carbonyl (C=O) groups is 2. The van der Waals surface area contributed by atoms with Gasteiger partial charge in [0, 0.05) is 6.08 Å². The summed E-state index contributed by atoms with van der Waals surface area (Å²) in [4.78, 5) is 21.6. The number of hydrogen-bond acceptors (Lipinski definition) is 5. The lowest BCUT2D eigenvalue weighted by atomic mass is 10.4. The standard InChI is InChI=1S/C10H14O5/c1-3-14-9(12)7-5-6-8(11)10(13)15-4-2/h5-7,11H,3-4H2,1-2H3. The third-order valence-corrected chi connectivity index (χ3v) is 1.26. The van der Waals surface area contributed by atoms with Gasteiger partial charge in [0.15, 0.2) is 0 Å². The lowest BCUT2D eigenvalue weighted by molar-refractivity contribution is -0.141. The lowest BCUT2D eigenvalue weighted by Crippen LogP contribution is -2.06. The molecular weight excluding hydrogens is 200 g/mol. The predicted molar refractivity (Wildman–Crippen MR) is 53.1 cm³/mol. The number of carbonyl (C=O) groups excluding carboxylic acids is 2. The summed E-state index contributed by atoms with van der Waals surface area (Å²) >= 11 is 0. The number of esters is 2. The van der Waals surface area contributed by atoms with Crippen molar-refractivity contribution in [1.29, 1.82) is 0 Å². The summed E-state index contributed by atoms with van der Waals surface area (Å²) in [5, 5.41) is 9.07. The van der Waals surface area contributed by atoms with Gasteiger partial charge in [-0.25, -0.2) is 9.59 Å². The Morgan fingerprint density at radius 1 is 1.20 bits per heavy atom. The molecule has 0 amide bonds. The van der Waals surface area contributed by atoms with E-state index in [1.165, 1.54) is 6.08 Å². The molecule has 15 heavy (non-hydrogen) atoms. The maximum Gasteiger partial charge on any atom is 0.373 e. The first-order chi connectivity index (χ1) is 7.11. The molecule has 0 saturated heterocycles. The quantitative estimate of drug-likeness (QED) is 0.321. The van der Waals surface area contributed by atoms with Gasteiger partial charge in [-0.05, 0) is 19.9 Å². The van der Waals surface area contributed by atoms with Gasteiger partial charge in [0.05, 0.1) is 13.2 Å². The number of aliphatic hydroxyl groups is 1. The number of ether oxygens (including phenoxy) is 2. The average Bonchev–Trinajstić information content (AvgIpc) is 2.18. The Balaban J connectivity index is 4.14. The zero-order valence-corrected chi connectivity index (χ0v) is 8.73. The Kier molecular flexibility index (Phi) is 6.70. The maximum absolute atomic E-state index is 10.9. The fourth-order valence-electron chi connectivity index (χ4n) is 0.681. The Bertz CT molecular complexity index is 278. The van der Waals surface area contributed by atoms with Gasteiger partial charge in [0.2, 0.25) is 5.76 Å². The topological polar surface area (TPSA) is 72.8 Å². The van der Waals surface area contributed by atoms with E-state index in [9.17, 15) is 9.59 Å². The van der Waals surface area contributed by atoms with Gasteiger partial charge in [-0.2, -0.15) is 0 Å². The first kappa shape index (κ1) is 13.2. The first-order valence-electron chi connectivity index (χ1n) is 4.53. The van der Waals surface area contributed by atoms with Crippen LogP contribution in [0.25, 0.3) is 0 Å². The molecule has 0 heterocycles. The molecule has 0 rings (SSSR count). The smallest absolute Gasteiger partial charge is 0.373 e. The zero-order chi connectivity index (χ0) is 11.7. The predicted octanol–water partition coefficient (Wildman–Crippen LogP) is 1.11. The van der Waals surface area contributed by atoms with Crippen molar-refractivity contribution in [3.05, 3.63) is 24.0 Å². The van der Waals surface area contributed by atoms with Gasteiger partial charge in [-0.15, -0.1) is 0 Å². The van der Waals surface area contributed by atoms with Crippen molar-refractivity contribution in [2.75, 3.05) is 13.2 Å². The second-order valence-corrected chi connectivity index (χ2v) is 2.38. The molecule has 0 aromatic carbocycles. The molecule has 5 heteroatoms. The van der Waals surface area contributed by atoms with Gasteiger partial charge in [-0.1, -0.05) is 6.08 Å². The maximum atomic E-state index is 10.9. The minimum absolute atomic E-state index is 0.179. The monoisotopic (exact) mass is 214 g/mol. The first-order valence-corrected chi connectivity index (χ1v) is 4.53. The van der Waals surface area contributed by atoms with Gasteiger partial charge in [0.25, 0.3) is 0 Å². The minimum atomic E-state index is -0.828. The van der Waals surface area contributed by atoms with Crippen LogP contribution in [0.4, 0.5) is 0 Å². The molecule has 0 aliphatic rings. The minimum Gasteiger partial charge on any atom is -0.502 e. The molecule has 0 spiro atoms. The number of hydrogen-bond donors (Lipinski definition) is 1. The normalized spacial score (nSPS) is 11.5. The zero-order valence-electron chi connectivity index (χ0n) is 8.73. The van der Waals surface area contributed by atoms with Crippen molar-refractivity contribution in [2.24, 2.45) is 0 Å². The van der Waals surface area contributed by atoms with Crippen LogP contribution in [0, 0.1) is 0 Å². The largest absolute Gasteiger partial charge is 0.502 e. The van der Waals surface area contributed by atoms with Crippen LogP contribution < -0.4 is 0 Å². The van der Waals surface area contributed by atoms with Gasteiger partial charge in [-0.3, -0.25) is 0 Å². The Labute approximate surface area is 88.0 Å². The summed E-state index contributed by atoms with van der Waals surface area (Å²) in [6.45, 7) is 3.76. The van der Waals surface area contributed by atoms with E-state index < -0.39 is 17.7 Å². The van der Waals surface area contributed by atoms with Crippen LogP contribution in [0.3, 0.4) is 0 Å². The van der Waals surface area contributed by atoms with E-state index in [0.717, 1.165) is 12.2 Å². The Morgan fingerprint density at radius 3 is 2.33 bits per heavy atom. The second kappa shape index (κ2) is 7.61. The van der Waals surface area contributed by atoms with Crippen LogP contribution >= 0.6 is 0 Å². The van der Waals surface area contributed by atoms with Crippen molar-refractivity contribution in [3.8, 4) is 0 Å². The highest BCUT2D eigenvalue weighted by Gasteiger charge is 2.05. The summed E-state index contributed by atoms with van der Waals surface area (Å²) in [5.41, 5.74) is 0. The Hall–Kier alpha value is -1.78. The van der Waals surface area contributed by atoms with E-state index in [0.29, 0.717) is 0 Å². The third kappa shape index (κ3) is 6.31. The van der Waals surface area contributed by atoms with Crippen molar-refractivity contribution >= 4 is 11.9 Å². The van der Waals surface area contributed by atoms with Crippen molar-refractivity contribution in [3.63, 3.8) is 0 Å². The van der Waals surface area contributed by atoms with Crippen molar-refractivity contribution < 1.29 is 24.2 Å². The summed E-state index contributed by atoms with van der Waals surface area (Å²) in [6.07, 6.45) is 3.37. The van der Waals surface area contributed by atoms with Crippen molar-refractivity contribution in [2.45, 2.75) is 13.8 Å². The molecule has 0 aliphatic heterocycles. The van der Waals surface area contributed by atoms with Gasteiger partial charge >= 0.3 is 11.9 Å². The molecule has 0 saturated carbocycles. The van der Waals surface area contributed by atoms with E-state index in [4.69, 9.17) is 5.11 Å². The van der Waals surface area contributed by atoms with Crippen LogP contribution in [-0.4, -0.2) is 30.3 Å². The second-order valence-electron chi connectivity index (χ2n) is 2.38. The highest BCUT2D eigenvalue weighted by molar-refractivity contribution is 5.87. The fourth-order valence-corrected chi connectivity index (χ4v) is 0.681. The number of allylic oxidation sites excluding steroid dienone is 2. The van der Waals surface area contributed by atoms with E-state index in [-0.39, 0.29) is 13.2 Å². The molecule has 0 radical (unpaired) electrons. The molecule has 0 fully saturated rings. The summed E-state index contributed by atoms with van der Waals surface area (Å²) in [5.74, 6) is -1.92. The molecular formula is C10H14O5. The highest BCUT2D eigenvalue weighted by Crippen LogP contribution is 1.94. The molecule has 1 N–H and O–H groups in total. The Morgan fingerprint density at radius 2 is 1.80 bits per heavy atom. The number of aliphatic hydroxyl groups excluding tert-OH is 1. The highest BCUT2D eigenvalue weighted by atomic mass is 16.5.